The van der Waals surface area contributed by atoms with Gasteiger partial charge in [0, 0.05) is 16.0 Å². The molecule has 104 valence electrons. The van der Waals surface area contributed by atoms with Gasteiger partial charge in [-0.1, -0.05) is 0 Å². The highest BCUT2D eigenvalue weighted by atomic mass is 127. The molecule has 3 rings (SSSR count). The average Bonchev–Trinajstić information content (AvgIpc) is 3.02. The van der Waals surface area contributed by atoms with Crippen molar-refractivity contribution in [2.24, 2.45) is 0 Å². The fraction of sp³-hybridized carbons (Fsp3) is 0.267. The number of aryl methyl sites for hydroxylation is 1. The third kappa shape index (κ3) is 2.69. The molecule has 1 atom stereocenters. The fourth-order valence-electron chi connectivity index (χ4n) is 2.48. The molecule has 1 unspecified atom stereocenters. The van der Waals surface area contributed by atoms with Gasteiger partial charge in [0.25, 0.3) is 0 Å². The van der Waals surface area contributed by atoms with Crippen molar-refractivity contribution < 1.29 is 4.42 Å². The van der Waals surface area contributed by atoms with Crippen LogP contribution in [0.1, 0.15) is 25.1 Å². The standard InChI is InChI=1S/C15H15IN2OS/c1-10(4-6-12-3-2-8-19-12)18-14-7-5-11(16)9-13(14)17-15(18)20/h2-3,5,7-10H,4,6H2,1H3,(H,17,20). The number of aromatic amines is 1. The summed E-state index contributed by atoms with van der Waals surface area (Å²) in [4.78, 5) is 3.29. The van der Waals surface area contributed by atoms with Crippen molar-refractivity contribution in [2.75, 3.05) is 0 Å². The number of nitrogens with one attached hydrogen (secondary N) is 1. The lowest BCUT2D eigenvalue weighted by Crippen LogP contribution is -2.06. The minimum absolute atomic E-state index is 0.335. The van der Waals surface area contributed by atoms with Gasteiger partial charge in [0.05, 0.1) is 17.3 Å². The lowest BCUT2D eigenvalue weighted by Gasteiger charge is -2.14. The summed E-state index contributed by atoms with van der Waals surface area (Å²) in [5, 5.41) is 0. The van der Waals surface area contributed by atoms with Crippen molar-refractivity contribution in [2.45, 2.75) is 25.8 Å². The number of nitrogens with zero attached hydrogens (tertiary/aromatic N) is 1. The summed E-state index contributed by atoms with van der Waals surface area (Å²) in [7, 11) is 0. The number of imidazole rings is 1. The Morgan fingerprint density at radius 3 is 3.00 bits per heavy atom. The Balaban J connectivity index is 1.89. The Morgan fingerprint density at radius 2 is 2.25 bits per heavy atom. The van der Waals surface area contributed by atoms with E-state index in [0.29, 0.717) is 6.04 Å². The SMILES string of the molecule is CC(CCc1ccco1)n1c(=S)[nH]c2cc(I)ccc21. The maximum atomic E-state index is 5.47. The van der Waals surface area contributed by atoms with Gasteiger partial charge in [-0.15, -0.1) is 0 Å². The lowest BCUT2D eigenvalue weighted by molar-refractivity contribution is 0.455. The van der Waals surface area contributed by atoms with Gasteiger partial charge in [-0.25, -0.2) is 0 Å². The van der Waals surface area contributed by atoms with Gasteiger partial charge in [0.1, 0.15) is 5.76 Å². The van der Waals surface area contributed by atoms with E-state index in [1.807, 2.05) is 12.1 Å². The average molecular weight is 398 g/mol. The molecule has 0 aliphatic heterocycles. The molecule has 2 heterocycles. The number of furan rings is 1. The second-order valence-electron chi connectivity index (χ2n) is 4.93. The largest absolute Gasteiger partial charge is 0.469 e. The van der Waals surface area contributed by atoms with Gasteiger partial charge in [-0.2, -0.15) is 0 Å². The van der Waals surface area contributed by atoms with Crippen molar-refractivity contribution >= 4 is 45.8 Å². The van der Waals surface area contributed by atoms with E-state index < -0.39 is 0 Å². The molecule has 0 fully saturated rings. The van der Waals surface area contributed by atoms with Crippen LogP contribution in [0, 0.1) is 8.34 Å². The first-order valence-electron chi connectivity index (χ1n) is 6.57. The van der Waals surface area contributed by atoms with Crippen LogP contribution in [0.15, 0.2) is 41.0 Å². The van der Waals surface area contributed by atoms with Gasteiger partial charge in [-0.05, 0) is 78.5 Å². The summed E-state index contributed by atoms with van der Waals surface area (Å²) in [5.41, 5.74) is 2.27. The van der Waals surface area contributed by atoms with Crippen LogP contribution in [0.5, 0.6) is 0 Å². The number of H-pyrrole nitrogens is 1. The normalized spacial score (nSPS) is 12.9. The van der Waals surface area contributed by atoms with Crippen LogP contribution in [0.2, 0.25) is 0 Å². The first-order chi connectivity index (χ1) is 9.65. The molecule has 0 saturated carbocycles. The van der Waals surface area contributed by atoms with Crippen LogP contribution in [0.3, 0.4) is 0 Å². The second-order valence-corrected chi connectivity index (χ2v) is 6.56. The molecule has 2 aromatic heterocycles. The molecule has 0 radical (unpaired) electrons. The monoisotopic (exact) mass is 398 g/mol. The van der Waals surface area contributed by atoms with E-state index in [0.717, 1.165) is 28.9 Å². The molecule has 0 saturated heterocycles. The minimum Gasteiger partial charge on any atom is -0.469 e. The molecule has 3 aromatic rings. The van der Waals surface area contributed by atoms with Gasteiger partial charge >= 0.3 is 0 Å². The molecular formula is C15H15IN2OS. The quantitative estimate of drug-likeness (QED) is 0.491. The first-order valence-corrected chi connectivity index (χ1v) is 8.06. The molecule has 5 heteroatoms. The maximum absolute atomic E-state index is 5.47. The van der Waals surface area contributed by atoms with E-state index in [9.17, 15) is 0 Å². The van der Waals surface area contributed by atoms with Gasteiger partial charge in [-0.3, -0.25) is 0 Å². The molecule has 1 N–H and O–H groups in total. The summed E-state index contributed by atoms with van der Waals surface area (Å²) in [6.45, 7) is 2.20. The smallest absolute Gasteiger partial charge is 0.178 e. The van der Waals surface area contributed by atoms with Crippen LogP contribution in [0.25, 0.3) is 11.0 Å². The molecule has 0 spiro atoms. The van der Waals surface area contributed by atoms with Crippen molar-refractivity contribution in [1.82, 2.24) is 9.55 Å². The molecule has 1 aromatic carbocycles. The zero-order valence-corrected chi connectivity index (χ0v) is 14.1. The molecule has 3 nitrogen and oxygen atoms in total. The number of fused-ring (bicyclic) bond motifs is 1. The number of hydrogen-bond donors (Lipinski definition) is 1. The summed E-state index contributed by atoms with van der Waals surface area (Å²) in [5.74, 6) is 1.03. The second kappa shape index (κ2) is 5.73. The lowest BCUT2D eigenvalue weighted by atomic mass is 10.1. The molecule has 0 amide bonds. The summed E-state index contributed by atoms with van der Waals surface area (Å²) in [6, 6.07) is 10.7. The van der Waals surface area contributed by atoms with Crippen molar-refractivity contribution in [3.05, 3.63) is 50.7 Å². The van der Waals surface area contributed by atoms with Gasteiger partial charge in [0.2, 0.25) is 0 Å². The van der Waals surface area contributed by atoms with Gasteiger partial charge < -0.3 is 14.0 Å². The Labute approximate surface area is 136 Å². The van der Waals surface area contributed by atoms with Crippen LogP contribution in [-0.2, 0) is 6.42 Å². The maximum Gasteiger partial charge on any atom is 0.178 e. The van der Waals surface area contributed by atoms with E-state index in [-0.39, 0.29) is 0 Å². The van der Waals surface area contributed by atoms with E-state index in [1.165, 1.54) is 9.09 Å². The summed E-state index contributed by atoms with van der Waals surface area (Å²) in [6.07, 6.45) is 3.65. The highest BCUT2D eigenvalue weighted by Gasteiger charge is 2.12. The zero-order chi connectivity index (χ0) is 14.1. The van der Waals surface area contributed by atoms with Crippen LogP contribution < -0.4 is 0 Å². The first kappa shape index (κ1) is 13.9. The van der Waals surface area contributed by atoms with Crippen LogP contribution in [0.4, 0.5) is 0 Å². The zero-order valence-electron chi connectivity index (χ0n) is 11.1. The molecular weight excluding hydrogens is 383 g/mol. The van der Waals surface area contributed by atoms with E-state index in [4.69, 9.17) is 16.6 Å². The van der Waals surface area contributed by atoms with E-state index >= 15 is 0 Å². The summed E-state index contributed by atoms with van der Waals surface area (Å²) >= 11 is 7.78. The Kier molecular flexibility index (Phi) is 3.98. The molecule has 0 aliphatic carbocycles. The van der Waals surface area contributed by atoms with Crippen molar-refractivity contribution in [3.8, 4) is 0 Å². The van der Waals surface area contributed by atoms with Gasteiger partial charge in [0.15, 0.2) is 4.77 Å². The van der Waals surface area contributed by atoms with Crippen LogP contribution in [-0.4, -0.2) is 9.55 Å². The third-order valence-corrected chi connectivity index (χ3v) is 4.48. The number of benzene rings is 1. The minimum atomic E-state index is 0.335. The Hall–Kier alpha value is -1.08. The number of hydrogen-bond acceptors (Lipinski definition) is 2. The molecule has 0 aliphatic rings. The van der Waals surface area contributed by atoms with Crippen molar-refractivity contribution in [3.63, 3.8) is 0 Å². The highest BCUT2D eigenvalue weighted by molar-refractivity contribution is 14.1. The van der Waals surface area contributed by atoms with Crippen LogP contribution >= 0.6 is 34.8 Å². The Bertz CT molecular complexity index is 773. The third-order valence-electron chi connectivity index (χ3n) is 3.51. The number of rotatable bonds is 4. The van der Waals surface area contributed by atoms with E-state index in [1.54, 1.807) is 6.26 Å². The molecule has 20 heavy (non-hydrogen) atoms. The topological polar surface area (TPSA) is 33.9 Å². The number of aromatic nitrogens is 2. The highest BCUT2D eigenvalue weighted by Crippen LogP contribution is 2.24. The fourth-order valence-corrected chi connectivity index (χ4v) is 3.36. The number of halogens is 1. The molecule has 0 bridgehead atoms. The predicted molar refractivity (Wildman–Crippen MR) is 91.6 cm³/mol. The Morgan fingerprint density at radius 1 is 1.40 bits per heavy atom. The predicted octanol–water partition coefficient (Wildman–Crippen LogP) is 5.09. The van der Waals surface area contributed by atoms with Crippen molar-refractivity contribution in [1.29, 1.82) is 0 Å². The van der Waals surface area contributed by atoms with E-state index in [2.05, 4.69) is 57.3 Å². The summed E-state index contributed by atoms with van der Waals surface area (Å²) < 4.78 is 9.58.